The molecule has 0 amide bonds. The van der Waals surface area contributed by atoms with Crippen molar-refractivity contribution in [3.05, 3.63) is 81.2 Å². The highest BCUT2D eigenvalue weighted by Crippen LogP contribution is 2.34. The highest BCUT2D eigenvalue weighted by molar-refractivity contribution is 7.89. The fourth-order valence-corrected chi connectivity index (χ4v) is 7.09. The van der Waals surface area contributed by atoms with E-state index in [1.165, 1.54) is 15.6 Å². The molecule has 0 saturated carbocycles. The Morgan fingerprint density at radius 1 is 1.06 bits per heavy atom. The fraction of sp³-hybridized carbons (Fsp3) is 0.280. The first-order valence-corrected chi connectivity index (χ1v) is 13.4. The van der Waals surface area contributed by atoms with Crippen molar-refractivity contribution in [1.29, 1.82) is 0 Å². The Hall–Kier alpha value is -3.21. The van der Waals surface area contributed by atoms with Gasteiger partial charge in [-0.3, -0.25) is 9.36 Å². The van der Waals surface area contributed by atoms with Gasteiger partial charge in [-0.2, -0.15) is 4.31 Å². The molecule has 5 rings (SSSR count). The molecule has 10 heteroatoms. The molecular formula is C25H25N3O5S2. The maximum absolute atomic E-state index is 13.4. The van der Waals surface area contributed by atoms with Crippen LogP contribution in [0.25, 0.3) is 10.2 Å². The lowest BCUT2D eigenvalue weighted by atomic mass is 10.1. The lowest BCUT2D eigenvalue weighted by Crippen LogP contribution is -2.35. The van der Waals surface area contributed by atoms with Crippen molar-refractivity contribution in [1.82, 2.24) is 13.9 Å². The van der Waals surface area contributed by atoms with Gasteiger partial charge in [0.1, 0.15) is 4.83 Å². The summed E-state index contributed by atoms with van der Waals surface area (Å²) in [5.74, 6) is 1.30. The molecule has 2 aromatic heterocycles. The van der Waals surface area contributed by atoms with E-state index in [1.807, 2.05) is 18.2 Å². The molecule has 0 atom stereocenters. The molecular weight excluding hydrogens is 486 g/mol. The zero-order chi connectivity index (χ0) is 24.6. The third-order valence-corrected chi connectivity index (χ3v) is 9.25. The van der Waals surface area contributed by atoms with Crippen LogP contribution < -0.4 is 15.0 Å². The largest absolute Gasteiger partial charge is 0.493 e. The fourth-order valence-electron chi connectivity index (χ4n) is 4.39. The SMILES string of the molecule is COc1ccc(CCn2cnc3sc4c(c3c2=O)CCN(S(=O)(=O)c2ccccc2)C4)cc1OC. The quantitative estimate of drug-likeness (QED) is 0.377. The first kappa shape index (κ1) is 23.5. The van der Waals surface area contributed by atoms with Crippen molar-refractivity contribution in [2.24, 2.45) is 0 Å². The average Bonchev–Trinajstić information content (AvgIpc) is 3.27. The van der Waals surface area contributed by atoms with E-state index in [0.717, 1.165) is 16.0 Å². The number of nitrogens with zero attached hydrogens (tertiary/aromatic N) is 3. The number of methoxy groups -OCH3 is 2. The molecule has 0 radical (unpaired) electrons. The number of thiophene rings is 1. The molecule has 3 heterocycles. The second-order valence-corrected chi connectivity index (χ2v) is 11.3. The minimum Gasteiger partial charge on any atom is -0.493 e. The number of rotatable bonds is 7. The first-order chi connectivity index (χ1) is 16.9. The molecule has 0 saturated heterocycles. The number of aromatic nitrogens is 2. The Bertz CT molecular complexity index is 1540. The van der Waals surface area contributed by atoms with Crippen LogP contribution in [0.3, 0.4) is 0 Å². The zero-order valence-electron chi connectivity index (χ0n) is 19.4. The van der Waals surface area contributed by atoms with E-state index in [4.69, 9.17) is 9.47 Å². The van der Waals surface area contributed by atoms with Crippen molar-refractivity contribution in [2.45, 2.75) is 30.8 Å². The topological polar surface area (TPSA) is 90.7 Å². The van der Waals surface area contributed by atoms with Crippen LogP contribution in [0.15, 0.2) is 64.5 Å². The molecule has 0 N–H and O–H groups in total. The molecule has 0 bridgehead atoms. The van der Waals surface area contributed by atoms with Gasteiger partial charge in [0.2, 0.25) is 10.0 Å². The molecule has 1 aliphatic heterocycles. The van der Waals surface area contributed by atoms with Gasteiger partial charge in [-0.1, -0.05) is 24.3 Å². The van der Waals surface area contributed by atoms with Crippen LogP contribution in [0, 0.1) is 0 Å². The number of benzene rings is 2. The minimum absolute atomic E-state index is 0.0904. The van der Waals surface area contributed by atoms with Gasteiger partial charge in [-0.25, -0.2) is 13.4 Å². The Morgan fingerprint density at radius 3 is 2.57 bits per heavy atom. The normalized spacial score (nSPS) is 14.1. The van der Waals surface area contributed by atoms with Gasteiger partial charge in [0, 0.05) is 24.5 Å². The van der Waals surface area contributed by atoms with E-state index in [9.17, 15) is 13.2 Å². The van der Waals surface area contributed by atoms with Crippen LogP contribution in [0.4, 0.5) is 0 Å². The zero-order valence-corrected chi connectivity index (χ0v) is 21.1. The lowest BCUT2D eigenvalue weighted by molar-refractivity contribution is 0.354. The van der Waals surface area contributed by atoms with Crippen LogP contribution in [0.1, 0.15) is 16.0 Å². The van der Waals surface area contributed by atoms with Gasteiger partial charge in [-0.05, 0) is 48.2 Å². The number of fused-ring (bicyclic) bond motifs is 3. The molecule has 2 aromatic carbocycles. The molecule has 0 fully saturated rings. The summed E-state index contributed by atoms with van der Waals surface area (Å²) in [6.45, 7) is 1.05. The molecule has 1 aliphatic rings. The van der Waals surface area contributed by atoms with Crippen molar-refractivity contribution in [2.75, 3.05) is 20.8 Å². The molecule has 4 aromatic rings. The van der Waals surface area contributed by atoms with Gasteiger partial charge < -0.3 is 9.47 Å². The van der Waals surface area contributed by atoms with Crippen LogP contribution >= 0.6 is 11.3 Å². The molecule has 0 spiro atoms. The van der Waals surface area contributed by atoms with Gasteiger partial charge >= 0.3 is 0 Å². The second-order valence-electron chi connectivity index (χ2n) is 8.27. The standard InChI is InChI=1S/C25H25N3O5S2/c1-32-20-9-8-17(14-21(20)33-2)10-12-27-16-26-24-23(25(27)29)19-11-13-28(15-22(19)34-24)35(30,31)18-6-4-3-5-7-18/h3-9,14,16H,10-13,15H2,1-2H3. The Kier molecular flexibility index (Phi) is 6.35. The maximum atomic E-state index is 13.4. The predicted octanol–water partition coefficient (Wildman–Crippen LogP) is 3.46. The van der Waals surface area contributed by atoms with Crippen LogP contribution in [-0.2, 0) is 36.0 Å². The van der Waals surface area contributed by atoms with Gasteiger partial charge in [0.05, 0.1) is 30.8 Å². The van der Waals surface area contributed by atoms with Crippen LogP contribution in [-0.4, -0.2) is 43.0 Å². The Balaban J connectivity index is 1.40. The number of aryl methyl sites for hydroxylation is 2. The maximum Gasteiger partial charge on any atom is 0.262 e. The lowest BCUT2D eigenvalue weighted by Gasteiger charge is -2.26. The van der Waals surface area contributed by atoms with E-state index in [2.05, 4.69) is 4.98 Å². The van der Waals surface area contributed by atoms with Gasteiger partial charge in [0.25, 0.3) is 5.56 Å². The number of sulfonamides is 1. The van der Waals surface area contributed by atoms with Gasteiger partial charge in [-0.15, -0.1) is 11.3 Å². The summed E-state index contributed by atoms with van der Waals surface area (Å²) in [5, 5.41) is 0.608. The summed E-state index contributed by atoms with van der Waals surface area (Å²) in [5.41, 5.74) is 1.85. The predicted molar refractivity (Wildman–Crippen MR) is 135 cm³/mol. The third kappa shape index (κ3) is 4.33. The van der Waals surface area contributed by atoms with Crippen LogP contribution in [0.5, 0.6) is 11.5 Å². The summed E-state index contributed by atoms with van der Waals surface area (Å²) < 4.78 is 39.9. The van der Waals surface area contributed by atoms with E-state index in [1.54, 1.807) is 55.4 Å². The van der Waals surface area contributed by atoms with E-state index in [0.29, 0.717) is 47.6 Å². The van der Waals surface area contributed by atoms with Crippen LogP contribution in [0.2, 0.25) is 0 Å². The highest BCUT2D eigenvalue weighted by atomic mass is 32.2. The smallest absolute Gasteiger partial charge is 0.262 e. The van der Waals surface area contributed by atoms with Crippen molar-refractivity contribution in [3.8, 4) is 11.5 Å². The average molecular weight is 512 g/mol. The third-order valence-electron chi connectivity index (χ3n) is 6.26. The molecule has 8 nitrogen and oxygen atoms in total. The summed E-state index contributed by atoms with van der Waals surface area (Å²) in [6.07, 6.45) is 2.69. The summed E-state index contributed by atoms with van der Waals surface area (Å²) >= 11 is 1.40. The number of hydrogen-bond donors (Lipinski definition) is 0. The Labute approximate surface area is 207 Å². The number of ether oxygens (including phenoxy) is 2. The Morgan fingerprint density at radius 2 is 1.83 bits per heavy atom. The molecule has 182 valence electrons. The monoisotopic (exact) mass is 511 g/mol. The minimum atomic E-state index is -3.59. The van der Waals surface area contributed by atoms with Gasteiger partial charge in [0.15, 0.2) is 11.5 Å². The van der Waals surface area contributed by atoms with Crippen molar-refractivity contribution in [3.63, 3.8) is 0 Å². The van der Waals surface area contributed by atoms with Crippen molar-refractivity contribution >= 4 is 31.6 Å². The summed E-state index contributed by atoms with van der Waals surface area (Å²) in [7, 11) is -0.407. The van der Waals surface area contributed by atoms with E-state index in [-0.39, 0.29) is 17.0 Å². The second kappa shape index (κ2) is 9.44. The number of hydrogen-bond acceptors (Lipinski definition) is 7. The van der Waals surface area contributed by atoms with E-state index < -0.39 is 10.0 Å². The van der Waals surface area contributed by atoms with E-state index >= 15 is 0 Å². The summed E-state index contributed by atoms with van der Waals surface area (Å²) in [4.78, 5) is 19.7. The molecule has 35 heavy (non-hydrogen) atoms. The molecule has 0 aliphatic carbocycles. The summed E-state index contributed by atoms with van der Waals surface area (Å²) in [6, 6.07) is 14.1. The highest BCUT2D eigenvalue weighted by Gasteiger charge is 2.31. The van der Waals surface area contributed by atoms with Crippen molar-refractivity contribution < 1.29 is 17.9 Å². The molecule has 0 unspecified atom stereocenters. The first-order valence-electron chi connectivity index (χ1n) is 11.2.